The molecule has 2 amide bonds. The van der Waals surface area contributed by atoms with Gasteiger partial charge >= 0.3 is 5.97 Å². The summed E-state index contributed by atoms with van der Waals surface area (Å²) in [7, 11) is 2.83. The van der Waals surface area contributed by atoms with Gasteiger partial charge in [0.2, 0.25) is 10.8 Å². The van der Waals surface area contributed by atoms with Crippen molar-refractivity contribution >= 4 is 46.7 Å². The van der Waals surface area contributed by atoms with E-state index >= 15 is 0 Å². The third kappa shape index (κ3) is 7.38. The van der Waals surface area contributed by atoms with Crippen LogP contribution in [0.1, 0.15) is 48.0 Å². The molecule has 37 heavy (non-hydrogen) atoms. The van der Waals surface area contributed by atoms with Crippen molar-refractivity contribution in [3.63, 3.8) is 0 Å². The van der Waals surface area contributed by atoms with Gasteiger partial charge < -0.3 is 15.4 Å². The van der Waals surface area contributed by atoms with E-state index in [-0.39, 0.29) is 27.9 Å². The van der Waals surface area contributed by atoms with Crippen LogP contribution in [0.15, 0.2) is 52.7 Å². The fraction of sp³-hybridized carbons (Fsp3) is 0.423. The lowest BCUT2D eigenvalue weighted by atomic mass is 9.81. The molecule has 0 saturated heterocycles. The van der Waals surface area contributed by atoms with Gasteiger partial charge in [-0.05, 0) is 49.1 Å². The van der Waals surface area contributed by atoms with Gasteiger partial charge in [0.15, 0.2) is 0 Å². The Kier molecular flexibility index (Phi) is 10.2. The van der Waals surface area contributed by atoms with Crippen molar-refractivity contribution in [2.45, 2.75) is 44.6 Å². The molecule has 1 saturated carbocycles. The predicted octanol–water partition coefficient (Wildman–Crippen LogP) is 5.00. The van der Waals surface area contributed by atoms with Crippen LogP contribution in [0.2, 0.25) is 10.0 Å². The lowest BCUT2D eigenvalue weighted by molar-refractivity contribution is -0.146. The number of amides is 2. The third-order valence-electron chi connectivity index (χ3n) is 6.52. The highest BCUT2D eigenvalue weighted by Crippen LogP contribution is 2.41. The molecule has 3 rings (SSSR count). The maximum Gasteiger partial charge on any atom is 0.328 e. The van der Waals surface area contributed by atoms with Crippen LogP contribution >= 0.6 is 23.2 Å². The molecule has 196 valence electrons. The van der Waals surface area contributed by atoms with E-state index in [4.69, 9.17) is 27.9 Å². The van der Waals surface area contributed by atoms with E-state index in [0.29, 0.717) is 18.7 Å². The summed E-state index contributed by atoms with van der Waals surface area (Å²) in [6, 6.07) is 10.9. The Morgan fingerprint density at radius 3 is 2.32 bits per heavy atom. The minimum Gasteiger partial charge on any atom is -0.467 e. The third-order valence-corrected chi connectivity index (χ3v) is 7.15. The second-order valence-electron chi connectivity index (χ2n) is 8.89. The number of nitrogens with one attached hydrogen (secondary N) is 2. The number of hydrogen-bond acceptors (Lipinski definition) is 6. The first-order valence-electron chi connectivity index (χ1n) is 12.0. The number of rotatable bonds is 10. The maximum atomic E-state index is 13.3. The smallest absolute Gasteiger partial charge is 0.328 e. The Morgan fingerprint density at radius 2 is 1.73 bits per heavy atom. The molecule has 2 aromatic rings. The Labute approximate surface area is 225 Å². The van der Waals surface area contributed by atoms with Crippen molar-refractivity contribution in [1.29, 1.82) is 0 Å². The summed E-state index contributed by atoms with van der Waals surface area (Å²) in [5.74, 6) is -1.14. The van der Waals surface area contributed by atoms with E-state index < -0.39 is 23.3 Å². The maximum absolute atomic E-state index is 13.3. The molecule has 11 heteroatoms. The lowest BCUT2D eigenvalue weighted by Crippen LogP contribution is -2.49. The summed E-state index contributed by atoms with van der Waals surface area (Å²) >= 11 is 12.2. The zero-order valence-corrected chi connectivity index (χ0v) is 22.3. The summed E-state index contributed by atoms with van der Waals surface area (Å²) in [6.45, 7) is 0.389. The molecule has 2 N–H and O–H groups in total. The van der Waals surface area contributed by atoms with Gasteiger partial charge in [-0.3, -0.25) is 9.59 Å². The number of ether oxygens (including phenoxy) is 1. The van der Waals surface area contributed by atoms with Gasteiger partial charge in [0.05, 0.1) is 28.1 Å². The standard InChI is InChI=1S/C26H29Cl2N5O4/c1-29-33-30-15-14-26(12-3-4-13-26)25(36)32-21(24(35)37-2)16-17-8-10-18(11-9-17)31-23(34)22-19(27)6-5-7-20(22)28/h5-11,21H,3-4,12-16H2,1-2H3,(H-,31,32,34,36)/p+1. The van der Waals surface area contributed by atoms with Crippen molar-refractivity contribution in [3.05, 3.63) is 63.6 Å². The van der Waals surface area contributed by atoms with Crippen molar-refractivity contribution < 1.29 is 19.1 Å². The molecule has 1 fully saturated rings. The van der Waals surface area contributed by atoms with Gasteiger partial charge in [0, 0.05) is 12.1 Å². The minimum absolute atomic E-state index is 0.176. The molecule has 1 unspecified atom stereocenters. The fourth-order valence-electron chi connectivity index (χ4n) is 4.53. The second kappa shape index (κ2) is 13.3. The number of benzene rings is 2. The normalized spacial score (nSPS) is 14.7. The van der Waals surface area contributed by atoms with Crippen molar-refractivity contribution in [1.82, 2.24) is 10.2 Å². The van der Waals surface area contributed by atoms with E-state index in [1.165, 1.54) is 14.2 Å². The van der Waals surface area contributed by atoms with Crippen LogP contribution in [0, 0.1) is 5.41 Å². The Morgan fingerprint density at radius 1 is 1.08 bits per heavy atom. The zero-order chi connectivity index (χ0) is 26.8. The van der Waals surface area contributed by atoms with Crippen LogP contribution in [-0.2, 0) is 20.7 Å². The molecule has 0 radical (unpaired) electrons. The largest absolute Gasteiger partial charge is 0.467 e. The van der Waals surface area contributed by atoms with Gasteiger partial charge in [-0.2, -0.15) is 0 Å². The van der Waals surface area contributed by atoms with E-state index in [2.05, 4.69) is 25.8 Å². The summed E-state index contributed by atoms with van der Waals surface area (Å²) < 4.78 is 4.96. The highest BCUT2D eigenvalue weighted by molar-refractivity contribution is 6.40. The monoisotopic (exact) mass is 546 g/mol. The molecule has 1 aliphatic rings. The Bertz CT molecular complexity index is 1170. The van der Waals surface area contributed by atoms with E-state index in [0.717, 1.165) is 31.2 Å². The molecule has 2 aromatic carbocycles. The molecular weight excluding hydrogens is 517 g/mol. The van der Waals surface area contributed by atoms with Crippen LogP contribution in [0.4, 0.5) is 5.69 Å². The molecule has 0 aromatic heterocycles. The van der Waals surface area contributed by atoms with Crippen LogP contribution in [-0.4, -0.2) is 44.5 Å². The number of hydrogen-bond donors (Lipinski definition) is 2. The average molecular weight is 547 g/mol. The van der Waals surface area contributed by atoms with E-state index in [9.17, 15) is 14.4 Å². The second-order valence-corrected chi connectivity index (χ2v) is 9.71. The number of methoxy groups -OCH3 is 1. The van der Waals surface area contributed by atoms with Crippen LogP contribution < -0.4 is 15.5 Å². The molecule has 0 aliphatic heterocycles. The zero-order valence-electron chi connectivity index (χ0n) is 20.8. The number of anilines is 1. The minimum atomic E-state index is -0.857. The molecule has 0 bridgehead atoms. The first kappa shape index (κ1) is 28.3. The molecule has 0 heterocycles. The van der Waals surface area contributed by atoms with E-state index in [1.54, 1.807) is 42.5 Å². The van der Waals surface area contributed by atoms with Gasteiger partial charge in [0.25, 0.3) is 5.91 Å². The van der Waals surface area contributed by atoms with Gasteiger partial charge in [-0.1, -0.05) is 54.2 Å². The molecule has 9 nitrogen and oxygen atoms in total. The number of carbonyl (C=O) groups is 3. The highest BCUT2D eigenvalue weighted by atomic mass is 35.5. The lowest BCUT2D eigenvalue weighted by Gasteiger charge is -2.28. The van der Waals surface area contributed by atoms with Gasteiger partial charge in [-0.25, -0.2) is 4.79 Å². The van der Waals surface area contributed by atoms with E-state index in [1.807, 2.05) is 0 Å². The Hall–Kier alpha value is -3.26. The Balaban J connectivity index is 1.68. The summed E-state index contributed by atoms with van der Waals surface area (Å²) in [5.41, 5.74) is 0.909. The quantitative estimate of drug-likeness (QED) is 0.247. The first-order valence-corrected chi connectivity index (χ1v) is 12.7. The summed E-state index contributed by atoms with van der Waals surface area (Å²) in [5, 5.41) is 13.8. The average Bonchev–Trinajstić information content (AvgIpc) is 3.37. The highest BCUT2D eigenvalue weighted by Gasteiger charge is 2.42. The van der Waals surface area contributed by atoms with Crippen LogP contribution in [0.3, 0.4) is 0 Å². The molecule has 1 aliphatic carbocycles. The molecular formula is C26H30Cl2N5O4+. The van der Waals surface area contributed by atoms with Crippen molar-refractivity contribution in [2.24, 2.45) is 15.6 Å². The molecule has 1 atom stereocenters. The van der Waals surface area contributed by atoms with Gasteiger partial charge in [-0.15, -0.1) is 0 Å². The van der Waals surface area contributed by atoms with Gasteiger partial charge in [0.1, 0.15) is 29.9 Å². The number of esters is 1. The molecule has 0 spiro atoms. The first-order chi connectivity index (χ1) is 17.8. The number of carbonyl (C=O) groups excluding carboxylic acids is 3. The predicted molar refractivity (Wildman–Crippen MR) is 142 cm³/mol. The fourth-order valence-corrected chi connectivity index (χ4v) is 5.10. The SMILES string of the molecule is CN=[N+]=NCCC1(C(=O)NC(Cc2ccc(NC(=O)c3c(Cl)cccc3Cl)cc2)C(=O)OC)CCCC1. The number of halogens is 2. The summed E-state index contributed by atoms with van der Waals surface area (Å²) in [6.07, 6.45) is 4.12. The van der Waals surface area contributed by atoms with Crippen LogP contribution in [0.5, 0.6) is 0 Å². The topological polar surface area (TPSA) is 123 Å². The number of nitrogens with zero attached hydrogens (tertiary/aromatic N) is 3. The van der Waals surface area contributed by atoms with Crippen molar-refractivity contribution in [3.8, 4) is 0 Å². The van der Waals surface area contributed by atoms with Crippen molar-refractivity contribution in [2.75, 3.05) is 26.0 Å². The summed E-state index contributed by atoms with van der Waals surface area (Å²) in [4.78, 5) is 42.1. The van der Waals surface area contributed by atoms with Crippen LogP contribution in [0.25, 0.3) is 0 Å².